The van der Waals surface area contributed by atoms with Crippen LogP contribution in [0.4, 0.5) is 5.69 Å². The van der Waals surface area contributed by atoms with Crippen molar-refractivity contribution in [3.05, 3.63) is 54.9 Å². The first-order valence-corrected chi connectivity index (χ1v) is 7.61. The Kier molecular flexibility index (Phi) is 3.30. The average Bonchev–Trinajstić information content (AvgIpc) is 3.15. The van der Waals surface area contributed by atoms with Crippen molar-refractivity contribution in [1.29, 1.82) is 0 Å². The van der Waals surface area contributed by atoms with Crippen LogP contribution in [0.2, 0.25) is 0 Å². The number of hydrogen-bond acceptors (Lipinski definition) is 4. The van der Waals surface area contributed by atoms with Gasteiger partial charge in [-0.25, -0.2) is 9.88 Å². The Bertz CT molecular complexity index is 947. The van der Waals surface area contributed by atoms with E-state index in [1.807, 2.05) is 24.3 Å². The summed E-state index contributed by atoms with van der Waals surface area (Å²) in [6.07, 6.45) is 1.74. The van der Waals surface area contributed by atoms with Gasteiger partial charge in [-0.2, -0.15) is 0 Å². The highest BCUT2D eigenvalue weighted by atomic mass is 16.5. The molecule has 0 unspecified atom stereocenters. The van der Waals surface area contributed by atoms with Crippen LogP contribution < -0.4 is 9.64 Å². The second-order valence-electron chi connectivity index (χ2n) is 5.63. The lowest BCUT2D eigenvalue weighted by atomic mass is 10.2. The average molecular weight is 321 g/mol. The van der Waals surface area contributed by atoms with E-state index in [0.717, 1.165) is 11.0 Å². The molecule has 24 heavy (non-hydrogen) atoms. The van der Waals surface area contributed by atoms with Crippen molar-refractivity contribution in [2.24, 2.45) is 0 Å². The molecule has 3 aromatic rings. The van der Waals surface area contributed by atoms with E-state index < -0.39 is 6.04 Å². The van der Waals surface area contributed by atoms with Gasteiger partial charge in [-0.15, -0.1) is 0 Å². The molecule has 1 fully saturated rings. The summed E-state index contributed by atoms with van der Waals surface area (Å²) in [4.78, 5) is 30.9. The van der Waals surface area contributed by atoms with Crippen molar-refractivity contribution in [3.8, 4) is 5.75 Å². The molecule has 1 atom stereocenters. The van der Waals surface area contributed by atoms with Gasteiger partial charge in [0.2, 0.25) is 5.91 Å². The first-order valence-electron chi connectivity index (χ1n) is 7.61. The normalized spacial score (nSPS) is 17.7. The van der Waals surface area contributed by atoms with Gasteiger partial charge in [-0.05, 0) is 24.3 Å². The predicted molar refractivity (Wildman–Crippen MR) is 88.9 cm³/mol. The quantitative estimate of drug-likeness (QED) is 0.696. The van der Waals surface area contributed by atoms with Gasteiger partial charge in [0.25, 0.3) is 5.91 Å². The molecule has 2 heterocycles. The Balaban J connectivity index is 1.73. The number of fused-ring (bicyclic) bond motifs is 1. The second-order valence-corrected chi connectivity index (χ2v) is 5.63. The van der Waals surface area contributed by atoms with Crippen molar-refractivity contribution in [2.75, 3.05) is 12.0 Å². The molecule has 6 heteroatoms. The number of carbonyl (C=O) groups is 2. The van der Waals surface area contributed by atoms with Crippen LogP contribution in [0.15, 0.2) is 54.9 Å². The van der Waals surface area contributed by atoms with E-state index in [1.54, 1.807) is 42.3 Å². The van der Waals surface area contributed by atoms with Gasteiger partial charge < -0.3 is 9.30 Å². The maximum Gasteiger partial charge on any atom is 0.257 e. The fourth-order valence-electron chi connectivity index (χ4n) is 3.08. The van der Waals surface area contributed by atoms with Crippen LogP contribution in [-0.4, -0.2) is 28.5 Å². The number of benzene rings is 2. The first-order chi connectivity index (χ1) is 11.7. The van der Waals surface area contributed by atoms with E-state index in [0.29, 0.717) is 11.4 Å². The summed E-state index contributed by atoms with van der Waals surface area (Å²) in [7, 11) is 1.55. The Hall–Kier alpha value is -3.15. The molecule has 0 aliphatic carbocycles. The zero-order valence-corrected chi connectivity index (χ0v) is 13.0. The van der Waals surface area contributed by atoms with E-state index in [-0.39, 0.29) is 18.2 Å². The van der Waals surface area contributed by atoms with Gasteiger partial charge in [0.1, 0.15) is 11.8 Å². The number of carbonyl (C=O) groups excluding carboxylic acids is 2. The molecule has 0 bridgehead atoms. The number of amides is 2. The molecule has 2 amide bonds. The number of anilines is 1. The van der Waals surface area contributed by atoms with Crippen molar-refractivity contribution in [3.63, 3.8) is 0 Å². The van der Waals surface area contributed by atoms with E-state index >= 15 is 0 Å². The maximum absolute atomic E-state index is 12.9. The molecule has 0 spiro atoms. The minimum Gasteiger partial charge on any atom is -0.497 e. The number of nitrogens with zero attached hydrogens (tertiary/aromatic N) is 3. The summed E-state index contributed by atoms with van der Waals surface area (Å²) in [5.41, 5.74) is 2.17. The van der Waals surface area contributed by atoms with Gasteiger partial charge in [-0.1, -0.05) is 18.2 Å². The van der Waals surface area contributed by atoms with Gasteiger partial charge in [0.15, 0.2) is 0 Å². The Morgan fingerprint density at radius 1 is 1.12 bits per heavy atom. The van der Waals surface area contributed by atoms with Crippen LogP contribution >= 0.6 is 0 Å². The van der Waals surface area contributed by atoms with E-state index in [9.17, 15) is 9.59 Å². The molecule has 1 aliphatic rings. The monoisotopic (exact) mass is 321 g/mol. The summed E-state index contributed by atoms with van der Waals surface area (Å²) in [5.74, 6) is 0.122. The minimum absolute atomic E-state index is 0.121. The highest BCUT2D eigenvalue weighted by molar-refractivity contribution is 6.22. The summed E-state index contributed by atoms with van der Waals surface area (Å²) in [6.45, 7) is 0. The third kappa shape index (κ3) is 2.15. The Labute approximate surface area is 138 Å². The molecule has 2 aromatic carbocycles. The van der Waals surface area contributed by atoms with Gasteiger partial charge in [0.05, 0.1) is 36.6 Å². The number of imide groups is 1. The van der Waals surface area contributed by atoms with Crippen LogP contribution in [0.5, 0.6) is 5.75 Å². The number of ether oxygens (including phenoxy) is 1. The van der Waals surface area contributed by atoms with Crippen molar-refractivity contribution in [2.45, 2.75) is 12.5 Å². The molecule has 1 aliphatic heterocycles. The van der Waals surface area contributed by atoms with E-state index in [1.165, 1.54) is 4.90 Å². The summed E-state index contributed by atoms with van der Waals surface area (Å²) in [5, 5.41) is 0. The summed E-state index contributed by atoms with van der Waals surface area (Å²) in [6, 6.07) is 13.9. The smallest absolute Gasteiger partial charge is 0.257 e. The lowest BCUT2D eigenvalue weighted by Crippen LogP contribution is -2.31. The maximum atomic E-state index is 12.9. The summed E-state index contributed by atoms with van der Waals surface area (Å²) >= 11 is 0. The molecule has 1 aromatic heterocycles. The van der Waals surface area contributed by atoms with Crippen molar-refractivity contribution < 1.29 is 14.3 Å². The van der Waals surface area contributed by atoms with Gasteiger partial charge >= 0.3 is 0 Å². The van der Waals surface area contributed by atoms with E-state index in [4.69, 9.17) is 4.74 Å². The standard InChI is InChI=1S/C18H15N3O3/c1-24-13-6-4-5-12(9-13)21-17(22)10-16(18(21)23)20-11-19-14-7-2-3-8-15(14)20/h2-9,11,16H,10H2,1H3/t16-/m1/s1. The van der Waals surface area contributed by atoms with Crippen molar-refractivity contribution >= 4 is 28.5 Å². The molecular formula is C18H15N3O3. The van der Waals surface area contributed by atoms with Crippen LogP contribution in [0.25, 0.3) is 11.0 Å². The fourth-order valence-corrected chi connectivity index (χ4v) is 3.08. The lowest BCUT2D eigenvalue weighted by molar-refractivity contribution is -0.122. The molecule has 1 saturated heterocycles. The number of aromatic nitrogens is 2. The lowest BCUT2D eigenvalue weighted by Gasteiger charge is -2.16. The Morgan fingerprint density at radius 3 is 2.79 bits per heavy atom. The highest BCUT2D eigenvalue weighted by Crippen LogP contribution is 2.32. The van der Waals surface area contributed by atoms with Crippen LogP contribution in [0, 0.1) is 0 Å². The number of imidazole rings is 1. The van der Waals surface area contributed by atoms with Gasteiger partial charge in [-0.3, -0.25) is 9.59 Å². The SMILES string of the molecule is COc1cccc(N2C(=O)C[C@@H](n3cnc4ccccc43)C2=O)c1. The molecule has 0 radical (unpaired) electrons. The third-order valence-electron chi connectivity index (χ3n) is 4.25. The summed E-state index contributed by atoms with van der Waals surface area (Å²) < 4.78 is 6.95. The van der Waals surface area contributed by atoms with Crippen LogP contribution in [0.1, 0.15) is 12.5 Å². The number of methoxy groups -OCH3 is 1. The predicted octanol–water partition coefficient (Wildman–Crippen LogP) is 2.55. The fraction of sp³-hybridized carbons (Fsp3) is 0.167. The van der Waals surface area contributed by atoms with Gasteiger partial charge in [0, 0.05) is 6.07 Å². The zero-order valence-electron chi connectivity index (χ0n) is 13.0. The highest BCUT2D eigenvalue weighted by Gasteiger charge is 2.41. The second kappa shape index (κ2) is 5.49. The molecule has 0 saturated carbocycles. The number of hydrogen-bond donors (Lipinski definition) is 0. The third-order valence-corrected chi connectivity index (χ3v) is 4.25. The van der Waals surface area contributed by atoms with Crippen molar-refractivity contribution in [1.82, 2.24) is 9.55 Å². The first kappa shape index (κ1) is 14.4. The number of rotatable bonds is 3. The van der Waals surface area contributed by atoms with E-state index in [2.05, 4.69) is 4.98 Å². The zero-order chi connectivity index (χ0) is 16.7. The van der Waals surface area contributed by atoms with Crippen LogP contribution in [-0.2, 0) is 9.59 Å². The number of para-hydroxylation sites is 2. The molecule has 120 valence electrons. The molecular weight excluding hydrogens is 306 g/mol. The Morgan fingerprint density at radius 2 is 1.96 bits per heavy atom. The van der Waals surface area contributed by atoms with Crippen LogP contribution in [0.3, 0.4) is 0 Å². The molecule has 4 rings (SSSR count). The minimum atomic E-state index is -0.573. The molecule has 0 N–H and O–H groups in total. The molecule has 6 nitrogen and oxygen atoms in total. The largest absolute Gasteiger partial charge is 0.497 e. The topological polar surface area (TPSA) is 64.4 Å².